The van der Waals surface area contributed by atoms with Crippen LogP contribution in [-0.2, 0) is 4.79 Å². The number of rotatable bonds is 7. The average molecular weight is 324 g/mol. The molecular weight excluding hydrogens is 300 g/mol. The number of hydrogen-bond donors (Lipinski definition) is 1. The number of carbonyl (C=O) groups is 1. The highest BCUT2D eigenvalue weighted by Gasteiger charge is 2.36. The van der Waals surface area contributed by atoms with Crippen LogP contribution in [-0.4, -0.2) is 26.0 Å². The van der Waals surface area contributed by atoms with Gasteiger partial charge < -0.3 is 14.6 Å². The van der Waals surface area contributed by atoms with Gasteiger partial charge in [-0.15, -0.1) is 0 Å². The van der Waals surface area contributed by atoms with Gasteiger partial charge in [0.15, 0.2) is 0 Å². The smallest absolute Gasteiger partial charge is 0.244 e. The maximum atomic E-state index is 11.9. The predicted molar refractivity (Wildman–Crippen MR) is 97.0 cm³/mol. The molecule has 1 aromatic heterocycles. The van der Waals surface area contributed by atoms with E-state index in [1.54, 1.807) is 6.08 Å². The number of furan rings is 1. The molecule has 2 aromatic rings. The highest BCUT2D eigenvalue weighted by atomic mass is 16.3. The zero-order valence-corrected chi connectivity index (χ0v) is 14.2. The first-order valence-corrected chi connectivity index (χ1v) is 8.45. The summed E-state index contributed by atoms with van der Waals surface area (Å²) in [6.45, 7) is 3.58. The Morgan fingerprint density at radius 1 is 1.29 bits per heavy atom. The number of anilines is 1. The zero-order chi connectivity index (χ0) is 16.9. The summed E-state index contributed by atoms with van der Waals surface area (Å²) in [5.74, 6) is 2.95. The van der Waals surface area contributed by atoms with E-state index in [4.69, 9.17) is 4.42 Å². The minimum atomic E-state index is -0.103. The van der Waals surface area contributed by atoms with Gasteiger partial charge in [0, 0.05) is 37.8 Å². The number of likely N-dealkylation sites (N-methyl/N-ethyl adjacent to an activating group) is 1. The van der Waals surface area contributed by atoms with Crippen molar-refractivity contribution in [3.8, 4) is 0 Å². The Morgan fingerprint density at radius 3 is 2.75 bits per heavy atom. The summed E-state index contributed by atoms with van der Waals surface area (Å²) >= 11 is 0. The molecule has 0 bridgehead atoms. The fourth-order valence-corrected chi connectivity index (χ4v) is 2.75. The molecule has 4 heteroatoms. The third-order valence-corrected chi connectivity index (χ3v) is 4.46. The molecule has 0 radical (unpaired) electrons. The van der Waals surface area contributed by atoms with Crippen molar-refractivity contribution in [2.45, 2.75) is 19.3 Å². The lowest BCUT2D eigenvalue weighted by molar-refractivity contribution is -0.116. The number of amides is 1. The van der Waals surface area contributed by atoms with Gasteiger partial charge in [-0.2, -0.15) is 0 Å². The summed E-state index contributed by atoms with van der Waals surface area (Å²) in [6, 6.07) is 14.1. The van der Waals surface area contributed by atoms with Gasteiger partial charge in [0.05, 0.1) is 0 Å². The highest BCUT2D eigenvalue weighted by molar-refractivity contribution is 5.91. The van der Waals surface area contributed by atoms with Gasteiger partial charge in [-0.25, -0.2) is 0 Å². The first-order chi connectivity index (χ1) is 11.6. The van der Waals surface area contributed by atoms with E-state index in [0.29, 0.717) is 12.5 Å². The summed E-state index contributed by atoms with van der Waals surface area (Å²) in [4.78, 5) is 14.0. The van der Waals surface area contributed by atoms with E-state index in [1.807, 2.05) is 37.4 Å². The van der Waals surface area contributed by atoms with Crippen LogP contribution in [0.25, 0.3) is 6.08 Å². The van der Waals surface area contributed by atoms with Gasteiger partial charge >= 0.3 is 0 Å². The summed E-state index contributed by atoms with van der Waals surface area (Å²) in [7, 11) is 2.01. The quantitative estimate of drug-likeness (QED) is 0.791. The Labute approximate surface area is 143 Å². The largest absolute Gasteiger partial charge is 0.461 e. The standard InChI is InChI=1S/C20H24N2O2/c1-15-14-18(15)19-10-8-17(24-19)9-11-20(23)21-12-13-22(2)16-6-4-3-5-7-16/h3-11,15,18H,12-14H2,1-2H3,(H,21,23)/b11-9+. The molecule has 0 spiro atoms. The molecule has 1 aliphatic carbocycles. The molecule has 2 unspecified atom stereocenters. The zero-order valence-electron chi connectivity index (χ0n) is 14.2. The Bertz CT molecular complexity index is 705. The number of nitrogens with one attached hydrogen (secondary N) is 1. The summed E-state index contributed by atoms with van der Waals surface area (Å²) in [5.41, 5.74) is 1.14. The van der Waals surface area contributed by atoms with E-state index >= 15 is 0 Å². The maximum absolute atomic E-state index is 11.9. The molecule has 1 N–H and O–H groups in total. The van der Waals surface area contributed by atoms with Gasteiger partial charge in [-0.1, -0.05) is 25.1 Å². The van der Waals surface area contributed by atoms with Crippen molar-refractivity contribution in [3.63, 3.8) is 0 Å². The summed E-state index contributed by atoms with van der Waals surface area (Å²) in [5, 5.41) is 2.89. The predicted octanol–water partition coefficient (Wildman–Crippen LogP) is 3.67. The van der Waals surface area contributed by atoms with E-state index in [0.717, 1.165) is 29.7 Å². The lowest BCUT2D eigenvalue weighted by Gasteiger charge is -2.19. The molecule has 1 aliphatic rings. The van der Waals surface area contributed by atoms with Crippen LogP contribution in [0.2, 0.25) is 0 Å². The van der Waals surface area contributed by atoms with Crippen LogP contribution in [0.15, 0.2) is 53.0 Å². The van der Waals surface area contributed by atoms with Crippen LogP contribution < -0.4 is 10.2 Å². The second kappa shape index (κ2) is 7.39. The molecule has 4 nitrogen and oxygen atoms in total. The van der Waals surface area contributed by atoms with Gasteiger partial charge in [-0.05, 0) is 42.7 Å². The lowest BCUT2D eigenvalue weighted by atomic mass is 10.3. The van der Waals surface area contributed by atoms with E-state index in [2.05, 4.69) is 29.3 Å². The molecular formula is C20H24N2O2. The van der Waals surface area contributed by atoms with E-state index < -0.39 is 0 Å². The maximum Gasteiger partial charge on any atom is 0.244 e. The Hall–Kier alpha value is -2.49. The second-order valence-electron chi connectivity index (χ2n) is 6.44. The van der Waals surface area contributed by atoms with Gasteiger partial charge in [0.1, 0.15) is 11.5 Å². The van der Waals surface area contributed by atoms with Crippen LogP contribution in [0.5, 0.6) is 0 Å². The molecule has 0 aliphatic heterocycles. The van der Waals surface area contributed by atoms with Crippen molar-refractivity contribution < 1.29 is 9.21 Å². The summed E-state index contributed by atoms with van der Waals surface area (Å²) < 4.78 is 5.75. The molecule has 24 heavy (non-hydrogen) atoms. The number of para-hydroxylation sites is 1. The molecule has 3 rings (SSSR count). The van der Waals surface area contributed by atoms with Crippen molar-refractivity contribution >= 4 is 17.7 Å². The molecule has 1 heterocycles. The van der Waals surface area contributed by atoms with E-state index in [-0.39, 0.29) is 5.91 Å². The Balaban J connectivity index is 1.41. The first kappa shape index (κ1) is 16.4. The van der Waals surface area contributed by atoms with Gasteiger partial charge in [0.25, 0.3) is 0 Å². The number of carbonyl (C=O) groups excluding carboxylic acids is 1. The van der Waals surface area contributed by atoms with Crippen LogP contribution in [0.1, 0.15) is 30.8 Å². The minimum absolute atomic E-state index is 0.103. The molecule has 1 aromatic carbocycles. The van der Waals surface area contributed by atoms with Crippen molar-refractivity contribution in [1.82, 2.24) is 5.32 Å². The van der Waals surface area contributed by atoms with Crippen LogP contribution >= 0.6 is 0 Å². The van der Waals surface area contributed by atoms with Crippen molar-refractivity contribution in [2.75, 3.05) is 25.0 Å². The molecule has 1 amide bonds. The van der Waals surface area contributed by atoms with Crippen LogP contribution in [0, 0.1) is 5.92 Å². The Kier molecular flexibility index (Phi) is 5.04. The topological polar surface area (TPSA) is 45.5 Å². The van der Waals surface area contributed by atoms with Crippen LogP contribution in [0.3, 0.4) is 0 Å². The molecule has 1 saturated carbocycles. The van der Waals surface area contributed by atoms with Crippen LogP contribution in [0.4, 0.5) is 5.69 Å². The first-order valence-electron chi connectivity index (χ1n) is 8.45. The number of nitrogens with zero attached hydrogens (tertiary/aromatic N) is 1. The molecule has 0 saturated heterocycles. The fourth-order valence-electron chi connectivity index (χ4n) is 2.75. The second-order valence-corrected chi connectivity index (χ2v) is 6.44. The number of benzene rings is 1. The molecule has 2 atom stereocenters. The van der Waals surface area contributed by atoms with E-state index in [9.17, 15) is 4.79 Å². The SMILES string of the molecule is CC1CC1c1ccc(/C=C/C(=O)NCCN(C)c2ccccc2)o1. The monoisotopic (exact) mass is 324 g/mol. The third-order valence-electron chi connectivity index (χ3n) is 4.46. The Morgan fingerprint density at radius 2 is 2.04 bits per heavy atom. The van der Waals surface area contributed by atoms with Gasteiger partial charge in [-0.3, -0.25) is 4.79 Å². The van der Waals surface area contributed by atoms with Crippen molar-refractivity contribution in [3.05, 3.63) is 60.1 Å². The highest BCUT2D eigenvalue weighted by Crippen LogP contribution is 2.47. The lowest BCUT2D eigenvalue weighted by Crippen LogP contribution is -2.31. The summed E-state index contributed by atoms with van der Waals surface area (Å²) in [6.07, 6.45) is 4.46. The molecule has 1 fully saturated rings. The third kappa shape index (κ3) is 4.28. The van der Waals surface area contributed by atoms with Crippen molar-refractivity contribution in [2.24, 2.45) is 5.92 Å². The fraction of sp³-hybridized carbons (Fsp3) is 0.350. The van der Waals surface area contributed by atoms with Gasteiger partial charge in [0.2, 0.25) is 5.91 Å². The van der Waals surface area contributed by atoms with Crippen molar-refractivity contribution in [1.29, 1.82) is 0 Å². The normalized spacial score (nSPS) is 19.4. The minimum Gasteiger partial charge on any atom is -0.461 e. The average Bonchev–Trinajstić information content (AvgIpc) is 3.14. The molecule has 126 valence electrons. The number of hydrogen-bond acceptors (Lipinski definition) is 3. The van der Waals surface area contributed by atoms with E-state index in [1.165, 1.54) is 12.5 Å².